The largest absolute Gasteiger partial charge is 0.336 e. The van der Waals surface area contributed by atoms with Crippen LogP contribution >= 0.6 is 0 Å². The maximum atomic E-state index is 11.7. The lowest BCUT2D eigenvalue weighted by molar-refractivity contribution is 0.648. The zero-order valence-corrected chi connectivity index (χ0v) is 9.16. The Morgan fingerprint density at radius 1 is 1.41 bits per heavy atom. The molecule has 0 spiro atoms. The molecule has 86 valence electrons. The topological polar surface area (TPSA) is 81.4 Å². The highest BCUT2D eigenvalue weighted by Crippen LogP contribution is 2.06. The number of aromatic amines is 1. The van der Waals surface area contributed by atoms with Crippen molar-refractivity contribution in [3.05, 3.63) is 41.1 Å². The third-order valence-corrected chi connectivity index (χ3v) is 2.65. The van der Waals surface area contributed by atoms with Crippen molar-refractivity contribution in [3.63, 3.8) is 0 Å². The number of aryl methyl sites for hydroxylation is 1. The van der Waals surface area contributed by atoms with E-state index in [2.05, 4.69) is 20.1 Å². The molecule has 0 unspecified atom stereocenters. The molecule has 3 heterocycles. The molecule has 0 saturated carbocycles. The minimum absolute atomic E-state index is 0.193. The molecule has 0 aromatic carbocycles. The Hall–Kier alpha value is -2.44. The van der Waals surface area contributed by atoms with Crippen molar-refractivity contribution in [3.8, 4) is 0 Å². The number of rotatable bonds is 2. The van der Waals surface area contributed by atoms with Crippen molar-refractivity contribution >= 4 is 11.0 Å². The van der Waals surface area contributed by atoms with Crippen LogP contribution in [0.3, 0.4) is 0 Å². The van der Waals surface area contributed by atoms with Crippen LogP contribution in [0.2, 0.25) is 0 Å². The average Bonchev–Trinajstić information content (AvgIpc) is 2.89. The smallest absolute Gasteiger partial charge is 0.276 e. The molecule has 7 heteroatoms. The van der Waals surface area contributed by atoms with Crippen LogP contribution in [0.1, 0.15) is 5.82 Å². The first-order chi connectivity index (χ1) is 8.25. The van der Waals surface area contributed by atoms with Crippen LogP contribution in [0.4, 0.5) is 0 Å². The summed E-state index contributed by atoms with van der Waals surface area (Å²) in [5.41, 5.74) is 0.861. The Labute approximate surface area is 95.7 Å². The summed E-state index contributed by atoms with van der Waals surface area (Å²) in [6.07, 6.45) is 6.51. The molecule has 17 heavy (non-hydrogen) atoms. The van der Waals surface area contributed by atoms with E-state index in [1.165, 1.54) is 6.33 Å². The van der Waals surface area contributed by atoms with Crippen molar-refractivity contribution < 1.29 is 0 Å². The van der Waals surface area contributed by atoms with Gasteiger partial charge in [-0.25, -0.2) is 9.97 Å². The van der Waals surface area contributed by atoms with Gasteiger partial charge in [0.25, 0.3) is 5.56 Å². The molecule has 0 radical (unpaired) electrons. The molecular weight excluding hydrogens is 220 g/mol. The normalized spacial score (nSPS) is 11.1. The fraction of sp³-hybridized carbons (Fsp3) is 0.200. The van der Waals surface area contributed by atoms with Gasteiger partial charge in [-0.3, -0.25) is 9.48 Å². The van der Waals surface area contributed by atoms with Gasteiger partial charge in [-0.2, -0.15) is 5.10 Å². The number of imidazole rings is 1. The van der Waals surface area contributed by atoms with Crippen LogP contribution in [-0.4, -0.2) is 29.3 Å². The minimum atomic E-state index is -0.193. The minimum Gasteiger partial charge on any atom is -0.336 e. The van der Waals surface area contributed by atoms with Gasteiger partial charge in [0.1, 0.15) is 17.9 Å². The van der Waals surface area contributed by atoms with E-state index in [1.807, 2.05) is 17.8 Å². The second-order valence-corrected chi connectivity index (χ2v) is 3.72. The Morgan fingerprint density at radius 3 is 3.06 bits per heavy atom. The summed E-state index contributed by atoms with van der Waals surface area (Å²) < 4.78 is 3.49. The molecule has 3 rings (SSSR count). The van der Waals surface area contributed by atoms with Crippen molar-refractivity contribution in [2.75, 3.05) is 0 Å². The first-order valence-electron chi connectivity index (χ1n) is 5.11. The van der Waals surface area contributed by atoms with E-state index in [0.29, 0.717) is 17.6 Å². The number of nitrogens with zero attached hydrogens (tertiary/aromatic N) is 5. The predicted octanol–water partition coefficient (Wildman–Crippen LogP) is -0.0986. The second-order valence-electron chi connectivity index (χ2n) is 3.72. The second kappa shape index (κ2) is 3.55. The van der Waals surface area contributed by atoms with E-state index in [9.17, 15) is 4.79 Å². The van der Waals surface area contributed by atoms with E-state index < -0.39 is 0 Å². The number of fused-ring (bicyclic) bond motifs is 1. The van der Waals surface area contributed by atoms with Crippen molar-refractivity contribution in [1.82, 2.24) is 29.3 Å². The zero-order chi connectivity index (χ0) is 11.8. The summed E-state index contributed by atoms with van der Waals surface area (Å²) in [7, 11) is 1.90. The molecule has 0 fully saturated rings. The fourth-order valence-electron chi connectivity index (χ4n) is 1.73. The Balaban J connectivity index is 2.13. The fourth-order valence-corrected chi connectivity index (χ4v) is 1.73. The lowest BCUT2D eigenvalue weighted by atomic mass is 10.4. The summed E-state index contributed by atoms with van der Waals surface area (Å²) in [4.78, 5) is 22.5. The van der Waals surface area contributed by atoms with Crippen LogP contribution in [0.5, 0.6) is 0 Å². The first-order valence-corrected chi connectivity index (χ1v) is 5.11. The highest BCUT2D eigenvalue weighted by atomic mass is 16.1. The zero-order valence-electron chi connectivity index (χ0n) is 9.16. The van der Waals surface area contributed by atoms with Gasteiger partial charge in [0, 0.05) is 19.4 Å². The number of nitrogens with one attached hydrogen (secondary N) is 1. The summed E-state index contributed by atoms with van der Waals surface area (Å²) in [5, 5.41) is 4.15. The van der Waals surface area contributed by atoms with Gasteiger partial charge in [-0.15, -0.1) is 0 Å². The van der Waals surface area contributed by atoms with Crippen LogP contribution < -0.4 is 5.56 Å². The number of hydrogen-bond donors (Lipinski definition) is 1. The van der Waals surface area contributed by atoms with Crippen LogP contribution in [0, 0.1) is 0 Å². The molecule has 0 aliphatic heterocycles. The van der Waals surface area contributed by atoms with E-state index in [1.54, 1.807) is 17.1 Å². The molecular formula is C10H10N6O. The highest BCUT2D eigenvalue weighted by Gasteiger charge is 2.09. The van der Waals surface area contributed by atoms with E-state index in [-0.39, 0.29) is 5.56 Å². The van der Waals surface area contributed by atoms with Crippen molar-refractivity contribution in [2.24, 2.45) is 7.05 Å². The first kappa shape index (κ1) is 9.76. The third kappa shape index (κ3) is 1.52. The van der Waals surface area contributed by atoms with E-state index >= 15 is 0 Å². The summed E-state index contributed by atoms with van der Waals surface area (Å²) in [6, 6.07) is 0. The monoisotopic (exact) mass is 230 g/mol. The molecule has 0 saturated heterocycles. The molecule has 7 nitrogen and oxygen atoms in total. The van der Waals surface area contributed by atoms with Gasteiger partial charge in [0.2, 0.25) is 0 Å². The third-order valence-electron chi connectivity index (χ3n) is 2.65. The lowest BCUT2D eigenvalue weighted by Gasteiger charge is -2.02. The van der Waals surface area contributed by atoms with Crippen molar-refractivity contribution in [1.29, 1.82) is 0 Å². The van der Waals surface area contributed by atoms with Gasteiger partial charge in [-0.1, -0.05) is 0 Å². The molecule has 3 aromatic heterocycles. The Morgan fingerprint density at radius 2 is 2.29 bits per heavy atom. The molecule has 0 amide bonds. The Bertz CT molecular complexity index is 722. The van der Waals surface area contributed by atoms with Gasteiger partial charge < -0.3 is 9.55 Å². The number of H-pyrrole nitrogens is 1. The summed E-state index contributed by atoms with van der Waals surface area (Å²) in [5.74, 6) is 0.832. The highest BCUT2D eigenvalue weighted by molar-refractivity contribution is 5.72. The molecule has 0 atom stereocenters. The molecule has 1 N–H and O–H groups in total. The number of aromatic nitrogens is 6. The van der Waals surface area contributed by atoms with Gasteiger partial charge in [0.15, 0.2) is 5.52 Å². The SMILES string of the molecule is Cn1ccnc1Cn1ncc2nc[nH]c(=O)c21. The quantitative estimate of drug-likeness (QED) is 0.666. The van der Waals surface area contributed by atoms with Crippen LogP contribution in [-0.2, 0) is 13.6 Å². The van der Waals surface area contributed by atoms with Gasteiger partial charge >= 0.3 is 0 Å². The molecule has 0 aliphatic carbocycles. The maximum Gasteiger partial charge on any atom is 0.276 e. The lowest BCUT2D eigenvalue weighted by Crippen LogP contribution is -2.14. The van der Waals surface area contributed by atoms with Crippen LogP contribution in [0.25, 0.3) is 11.0 Å². The Kier molecular flexibility index (Phi) is 2.04. The van der Waals surface area contributed by atoms with Crippen molar-refractivity contribution in [2.45, 2.75) is 6.54 Å². The maximum absolute atomic E-state index is 11.7. The predicted molar refractivity (Wildman–Crippen MR) is 60.5 cm³/mol. The standard InChI is InChI=1S/C10H10N6O/c1-15-3-2-11-8(15)5-16-9-7(4-14-16)12-6-13-10(9)17/h2-4,6H,5H2,1H3,(H,12,13,17). The van der Waals surface area contributed by atoms with E-state index in [0.717, 1.165) is 5.82 Å². The average molecular weight is 230 g/mol. The molecule has 0 bridgehead atoms. The number of hydrogen-bond acceptors (Lipinski definition) is 4. The summed E-state index contributed by atoms with van der Waals surface area (Å²) >= 11 is 0. The molecule has 0 aliphatic rings. The molecule has 3 aromatic rings. The van der Waals surface area contributed by atoms with Gasteiger partial charge in [-0.05, 0) is 0 Å². The van der Waals surface area contributed by atoms with Gasteiger partial charge in [0.05, 0.1) is 12.5 Å². The summed E-state index contributed by atoms with van der Waals surface area (Å²) in [6.45, 7) is 0.446. The van der Waals surface area contributed by atoms with Crippen LogP contribution in [0.15, 0.2) is 29.7 Å². The van der Waals surface area contributed by atoms with E-state index in [4.69, 9.17) is 0 Å².